The monoisotopic (exact) mass is 253 g/mol. The zero-order chi connectivity index (χ0) is 12.6. The molecule has 0 saturated carbocycles. The predicted molar refractivity (Wildman–Crippen MR) is 74.1 cm³/mol. The fourth-order valence-electron chi connectivity index (χ4n) is 5.57. The largest absolute Gasteiger partial charge is 0.389 e. The minimum atomic E-state index is -0.256. The number of piperidine rings is 1. The van der Waals surface area contributed by atoms with Gasteiger partial charge in [-0.1, -0.05) is 30.4 Å². The second kappa shape index (κ2) is 3.31. The van der Waals surface area contributed by atoms with Gasteiger partial charge in [-0.25, -0.2) is 0 Å². The maximum Gasteiger partial charge on any atom is 0.0761 e. The zero-order valence-electron chi connectivity index (χ0n) is 11.0. The number of aliphatic hydroxyl groups is 1. The normalized spacial score (nSPS) is 45.1. The van der Waals surface area contributed by atoms with E-state index in [1.165, 1.54) is 17.5 Å². The van der Waals surface area contributed by atoms with Crippen LogP contribution in [0.2, 0.25) is 0 Å². The Labute approximate surface area is 113 Å². The Morgan fingerprint density at radius 1 is 1.16 bits per heavy atom. The van der Waals surface area contributed by atoms with Gasteiger partial charge in [0.25, 0.3) is 0 Å². The van der Waals surface area contributed by atoms with E-state index in [0.29, 0.717) is 17.9 Å². The lowest BCUT2D eigenvalue weighted by Gasteiger charge is -2.55. The summed E-state index contributed by atoms with van der Waals surface area (Å²) in [6, 6.07) is 7.38. The van der Waals surface area contributed by atoms with Gasteiger partial charge in [0, 0.05) is 23.3 Å². The molecule has 2 nitrogen and oxygen atoms in total. The quantitative estimate of drug-likeness (QED) is 0.688. The Morgan fingerprint density at radius 3 is 2.89 bits per heavy atom. The molecule has 1 fully saturated rings. The van der Waals surface area contributed by atoms with Crippen LogP contribution in [-0.4, -0.2) is 23.8 Å². The fraction of sp³-hybridized carbons (Fsp3) is 0.529. The maximum absolute atomic E-state index is 10.5. The molecular formula is C17H19NO. The molecule has 5 unspecified atom stereocenters. The van der Waals surface area contributed by atoms with Crippen molar-refractivity contribution in [2.75, 3.05) is 6.54 Å². The number of hydrogen-bond acceptors (Lipinski definition) is 2. The first-order valence-corrected chi connectivity index (χ1v) is 7.52. The van der Waals surface area contributed by atoms with Crippen molar-refractivity contribution in [2.45, 2.75) is 36.8 Å². The lowest BCUT2D eigenvalue weighted by molar-refractivity contribution is 0.0277. The fourth-order valence-corrected chi connectivity index (χ4v) is 5.57. The number of aliphatic hydroxyl groups excluding tert-OH is 1. The average Bonchev–Trinajstić information content (AvgIpc) is 2.74. The van der Waals surface area contributed by atoms with E-state index in [1.807, 2.05) is 0 Å². The van der Waals surface area contributed by atoms with Gasteiger partial charge in [-0.05, 0) is 42.5 Å². The van der Waals surface area contributed by atoms with Crippen LogP contribution in [0.5, 0.6) is 0 Å². The van der Waals surface area contributed by atoms with E-state index in [1.54, 1.807) is 5.56 Å². The molecule has 19 heavy (non-hydrogen) atoms. The van der Waals surface area contributed by atoms with Gasteiger partial charge in [-0.3, -0.25) is 0 Å². The van der Waals surface area contributed by atoms with Gasteiger partial charge in [-0.2, -0.15) is 0 Å². The molecule has 5 atom stereocenters. The van der Waals surface area contributed by atoms with Gasteiger partial charge < -0.3 is 10.4 Å². The summed E-state index contributed by atoms with van der Waals surface area (Å²) in [6.07, 6.45) is 7.52. The summed E-state index contributed by atoms with van der Waals surface area (Å²) >= 11 is 0. The van der Waals surface area contributed by atoms with Crippen LogP contribution < -0.4 is 5.32 Å². The van der Waals surface area contributed by atoms with E-state index in [4.69, 9.17) is 0 Å². The van der Waals surface area contributed by atoms with Gasteiger partial charge in [0.05, 0.1) is 6.10 Å². The Hall–Kier alpha value is -1.12. The molecular weight excluding hydrogens is 234 g/mol. The lowest BCUT2D eigenvalue weighted by Crippen LogP contribution is -2.62. The van der Waals surface area contributed by atoms with E-state index < -0.39 is 0 Å². The Morgan fingerprint density at radius 2 is 2.00 bits per heavy atom. The van der Waals surface area contributed by atoms with Crippen LogP contribution in [0.4, 0.5) is 0 Å². The first-order chi connectivity index (χ1) is 9.30. The maximum atomic E-state index is 10.5. The molecule has 2 heteroatoms. The molecule has 1 aliphatic heterocycles. The highest BCUT2D eigenvalue weighted by molar-refractivity contribution is 5.53. The molecule has 1 spiro atoms. The number of rotatable bonds is 0. The first kappa shape index (κ1) is 10.6. The summed E-state index contributed by atoms with van der Waals surface area (Å²) in [4.78, 5) is 0. The molecule has 5 rings (SSSR count). The molecule has 2 bridgehead atoms. The Kier molecular flexibility index (Phi) is 1.85. The van der Waals surface area contributed by atoms with E-state index >= 15 is 0 Å². The van der Waals surface area contributed by atoms with Crippen molar-refractivity contribution in [2.24, 2.45) is 11.8 Å². The summed E-state index contributed by atoms with van der Waals surface area (Å²) in [7, 11) is 0. The summed E-state index contributed by atoms with van der Waals surface area (Å²) < 4.78 is 0. The third-order valence-electron chi connectivity index (χ3n) is 6.15. The molecule has 3 aliphatic carbocycles. The summed E-state index contributed by atoms with van der Waals surface area (Å²) in [6.45, 7) is 1.10. The van der Waals surface area contributed by atoms with Crippen LogP contribution >= 0.6 is 0 Å². The SMILES string of the molecule is OC1C=CC2C3Cc4cccc5c4C2(CCN3)C1C5. The third-order valence-corrected chi connectivity index (χ3v) is 6.15. The third kappa shape index (κ3) is 1.08. The first-order valence-electron chi connectivity index (χ1n) is 7.52. The average molecular weight is 253 g/mol. The van der Waals surface area contributed by atoms with E-state index in [-0.39, 0.29) is 11.5 Å². The second-order valence-electron chi connectivity index (χ2n) is 6.72. The minimum absolute atomic E-state index is 0.230. The smallest absolute Gasteiger partial charge is 0.0761 e. The Bertz CT molecular complexity index is 593. The highest BCUT2D eigenvalue weighted by Crippen LogP contribution is 2.59. The molecule has 1 saturated heterocycles. The van der Waals surface area contributed by atoms with Crippen LogP contribution in [0.15, 0.2) is 30.4 Å². The molecule has 0 amide bonds. The molecule has 4 aliphatic rings. The topological polar surface area (TPSA) is 32.3 Å². The Balaban J connectivity index is 1.85. The van der Waals surface area contributed by atoms with Crippen LogP contribution in [0.25, 0.3) is 0 Å². The van der Waals surface area contributed by atoms with Crippen molar-refractivity contribution in [1.82, 2.24) is 5.32 Å². The van der Waals surface area contributed by atoms with Gasteiger partial charge in [-0.15, -0.1) is 0 Å². The van der Waals surface area contributed by atoms with Crippen molar-refractivity contribution >= 4 is 0 Å². The van der Waals surface area contributed by atoms with E-state index in [9.17, 15) is 5.11 Å². The van der Waals surface area contributed by atoms with Gasteiger partial charge in [0.15, 0.2) is 0 Å². The standard InChI is InChI=1S/C17H19NO/c19-15-5-4-12-14-9-11-3-1-2-10-8-13(15)17(12,16(10)11)6-7-18-14/h1-5,12-15,18-19H,6-9H2. The summed E-state index contributed by atoms with van der Waals surface area (Å²) in [5.74, 6) is 0.995. The van der Waals surface area contributed by atoms with Crippen LogP contribution in [0.3, 0.4) is 0 Å². The molecule has 1 aromatic carbocycles. The minimum Gasteiger partial charge on any atom is -0.389 e. The van der Waals surface area contributed by atoms with Gasteiger partial charge >= 0.3 is 0 Å². The predicted octanol–water partition coefficient (Wildman–Crippen LogP) is 1.56. The van der Waals surface area contributed by atoms with Crippen molar-refractivity contribution in [3.63, 3.8) is 0 Å². The van der Waals surface area contributed by atoms with Crippen LogP contribution in [-0.2, 0) is 18.3 Å². The molecule has 1 heterocycles. The molecule has 2 N–H and O–H groups in total. The summed E-state index contributed by atoms with van der Waals surface area (Å²) in [5.41, 5.74) is 4.89. The van der Waals surface area contributed by atoms with Crippen molar-refractivity contribution < 1.29 is 5.11 Å². The van der Waals surface area contributed by atoms with Crippen molar-refractivity contribution in [3.8, 4) is 0 Å². The van der Waals surface area contributed by atoms with Gasteiger partial charge in [0.2, 0.25) is 0 Å². The number of benzene rings is 1. The lowest BCUT2D eigenvalue weighted by atomic mass is 9.52. The number of hydrogen-bond donors (Lipinski definition) is 2. The van der Waals surface area contributed by atoms with Crippen LogP contribution in [0, 0.1) is 11.8 Å². The summed E-state index contributed by atoms with van der Waals surface area (Å²) in [5, 5.41) is 14.2. The molecule has 0 aromatic heterocycles. The van der Waals surface area contributed by atoms with Crippen molar-refractivity contribution in [1.29, 1.82) is 0 Å². The highest BCUT2D eigenvalue weighted by Gasteiger charge is 2.60. The van der Waals surface area contributed by atoms with E-state index in [0.717, 1.165) is 19.4 Å². The number of nitrogens with one attached hydrogen (secondary N) is 1. The molecule has 0 radical (unpaired) electrons. The zero-order valence-corrected chi connectivity index (χ0v) is 11.0. The van der Waals surface area contributed by atoms with E-state index in [2.05, 4.69) is 35.7 Å². The molecule has 1 aromatic rings. The molecule has 98 valence electrons. The van der Waals surface area contributed by atoms with Crippen LogP contribution in [0.1, 0.15) is 23.1 Å². The van der Waals surface area contributed by atoms with Gasteiger partial charge in [0.1, 0.15) is 0 Å². The highest BCUT2D eigenvalue weighted by atomic mass is 16.3. The second-order valence-corrected chi connectivity index (χ2v) is 6.72. The van der Waals surface area contributed by atoms with Crippen molar-refractivity contribution in [3.05, 3.63) is 47.0 Å².